The summed E-state index contributed by atoms with van der Waals surface area (Å²) in [6.45, 7) is 6.98. The second-order valence-electron chi connectivity index (χ2n) is 4.85. The molecule has 0 bridgehead atoms. The van der Waals surface area contributed by atoms with Gasteiger partial charge < -0.3 is 10.2 Å². The summed E-state index contributed by atoms with van der Waals surface area (Å²) in [5, 5.41) is 3.43. The zero-order valence-electron chi connectivity index (χ0n) is 9.51. The summed E-state index contributed by atoms with van der Waals surface area (Å²) < 4.78 is 0. The fraction of sp³-hybridized carbons (Fsp3) is 1.00. The van der Waals surface area contributed by atoms with Gasteiger partial charge in [-0.3, -0.25) is 0 Å². The summed E-state index contributed by atoms with van der Waals surface area (Å²) in [5.74, 6) is 1.74. The smallest absolute Gasteiger partial charge is 0.0220 e. The third-order valence-electron chi connectivity index (χ3n) is 2.75. The number of nitrogens with one attached hydrogen (secondary N) is 1. The van der Waals surface area contributed by atoms with E-state index in [1.807, 2.05) is 0 Å². The molecule has 78 valence electrons. The molecule has 13 heavy (non-hydrogen) atoms. The summed E-state index contributed by atoms with van der Waals surface area (Å²) in [6, 6.07) is 0.726. The van der Waals surface area contributed by atoms with Gasteiger partial charge in [-0.2, -0.15) is 0 Å². The second-order valence-corrected chi connectivity index (χ2v) is 4.85. The van der Waals surface area contributed by atoms with Gasteiger partial charge in [0.15, 0.2) is 0 Å². The molecule has 2 nitrogen and oxygen atoms in total. The molecule has 0 radical (unpaired) electrons. The van der Waals surface area contributed by atoms with Crippen molar-refractivity contribution in [3.05, 3.63) is 0 Å². The Morgan fingerprint density at radius 3 is 2.31 bits per heavy atom. The van der Waals surface area contributed by atoms with Crippen LogP contribution in [0.4, 0.5) is 0 Å². The lowest BCUT2D eigenvalue weighted by atomic mass is 10.1. The Bertz CT molecular complexity index is 141. The summed E-state index contributed by atoms with van der Waals surface area (Å²) in [5.41, 5.74) is 0. The first-order chi connectivity index (χ1) is 6.13. The van der Waals surface area contributed by atoms with Crippen molar-refractivity contribution in [1.82, 2.24) is 10.2 Å². The van der Waals surface area contributed by atoms with E-state index in [9.17, 15) is 0 Å². The highest BCUT2D eigenvalue weighted by atomic mass is 15.1. The number of rotatable bonds is 6. The number of hydrogen-bond donors (Lipinski definition) is 1. The van der Waals surface area contributed by atoms with Crippen molar-refractivity contribution >= 4 is 0 Å². The first kappa shape index (κ1) is 11.0. The van der Waals surface area contributed by atoms with Gasteiger partial charge in [0.25, 0.3) is 0 Å². The van der Waals surface area contributed by atoms with Gasteiger partial charge >= 0.3 is 0 Å². The molecule has 1 unspecified atom stereocenters. The first-order valence-corrected chi connectivity index (χ1v) is 5.49. The predicted molar refractivity (Wildman–Crippen MR) is 57.9 cm³/mol. The zero-order valence-corrected chi connectivity index (χ0v) is 9.51. The maximum absolute atomic E-state index is 3.43. The lowest BCUT2D eigenvalue weighted by Gasteiger charge is -2.24. The average molecular weight is 184 g/mol. The predicted octanol–water partition coefficient (Wildman–Crippen LogP) is 1.57. The molecule has 0 amide bonds. The molecule has 0 aromatic rings. The van der Waals surface area contributed by atoms with E-state index < -0.39 is 0 Å². The molecule has 0 spiro atoms. The molecule has 0 aromatic heterocycles. The molecular weight excluding hydrogens is 160 g/mol. The Balaban J connectivity index is 2.19. The van der Waals surface area contributed by atoms with Gasteiger partial charge in [-0.15, -0.1) is 0 Å². The minimum Gasteiger partial charge on any atom is -0.315 e. The van der Waals surface area contributed by atoms with Crippen LogP contribution in [0.3, 0.4) is 0 Å². The third kappa shape index (κ3) is 4.10. The standard InChI is InChI=1S/C11H24N2/c1-9(2)7-13(4)8-11(12-3)10-5-6-10/h9-12H,5-8H2,1-4H3. The minimum atomic E-state index is 0.726. The number of likely N-dealkylation sites (N-methyl/N-ethyl adjacent to an activating group) is 2. The normalized spacial score (nSPS) is 19.8. The minimum absolute atomic E-state index is 0.726. The molecule has 1 aliphatic rings. The highest BCUT2D eigenvalue weighted by Gasteiger charge is 2.30. The van der Waals surface area contributed by atoms with Crippen LogP contribution in [0.1, 0.15) is 26.7 Å². The van der Waals surface area contributed by atoms with Crippen LogP contribution in [0.2, 0.25) is 0 Å². The van der Waals surface area contributed by atoms with Gasteiger partial charge in [0.05, 0.1) is 0 Å². The molecule has 1 rings (SSSR count). The molecule has 0 heterocycles. The largest absolute Gasteiger partial charge is 0.315 e. The Kier molecular flexibility index (Phi) is 4.20. The monoisotopic (exact) mass is 184 g/mol. The van der Waals surface area contributed by atoms with Crippen molar-refractivity contribution in [2.75, 3.05) is 27.2 Å². The van der Waals surface area contributed by atoms with Crippen molar-refractivity contribution in [1.29, 1.82) is 0 Å². The molecule has 1 atom stereocenters. The van der Waals surface area contributed by atoms with Gasteiger partial charge in [0.2, 0.25) is 0 Å². The van der Waals surface area contributed by atoms with E-state index in [2.05, 4.69) is 38.2 Å². The lowest BCUT2D eigenvalue weighted by molar-refractivity contribution is 0.255. The maximum atomic E-state index is 3.43. The molecule has 0 aromatic carbocycles. The number of nitrogens with zero attached hydrogens (tertiary/aromatic N) is 1. The molecule has 1 N–H and O–H groups in total. The number of hydrogen-bond acceptors (Lipinski definition) is 2. The van der Waals surface area contributed by atoms with Crippen LogP contribution in [0.25, 0.3) is 0 Å². The van der Waals surface area contributed by atoms with Gasteiger partial charge in [0.1, 0.15) is 0 Å². The highest BCUT2D eigenvalue weighted by Crippen LogP contribution is 2.32. The van der Waals surface area contributed by atoms with E-state index in [-0.39, 0.29) is 0 Å². The molecule has 0 aliphatic heterocycles. The maximum Gasteiger partial charge on any atom is 0.0220 e. The third-order valence-corrected chi connectivity index (χ3v) is 2.75. The SMILES string of the molecule is CNC(CN(C)CC(C)C)C1CC1. The van der Waals surface area contributed by atoms with E-state index >= 15 is 0 Å². The molecule has 1 saturated carbocycles. The van der Waals surface area contributed by atoms with Crippen LogP contribution in [0, 0.1) is 11.8 Å². The highest BCUT2D eigenvalue weighted by molar-refractivity contribution is 4.87. The molecule has 0 saturated heterocycles. The summed E-state index contributed by atoms with van der Waals surface area (Å²) in [6.07, 6.45) is 2.86. The van der Waals surface area contributed by atoms with Crippen molar-refractivity contribution in [2.24, 2.45) is 11.8 Å². The fourth-order valence-corrected chi connectivity index (χ4v) is 2.01. The Hall–Kier alpha value is -0.0800. The van der Waals surface area contributed by atoms with Crippen molar-refractivity contribution < 1.29 is 0 Å². The van der Waals surface area contributed by atoms with E-state index in [4.69, 9.17) is 0 Å². The fourth-order valence-electron chi connectivity index (χ4n) is 2.01. The lowest BCUT2D eigenvalue weighted by Crippen LogP contribution is -2.40. The van der Waals surface area contributed by atoms with Crippen molar-refractivity contribution in [3.8, 4) is 0 Å². The van der Waals surface area contributed by atoms with Crippen LogP contribution in [-0.2, 0) is 0 Å². The Morgan fingerprint density at radius 1 is 1.31 bits per heavy atom. The van der Waals surface area contributed by atoms with Crippen LogP contribution in [0.5, 0.6) is 0 Å². The molecular formula is C11H24N2. The van der Waals surface area contributed by atoms with Gasteiger partial charge in [-0.05, 0) is 38.8 Å². The molecule has 1 fully saturated rings. The summed E-state index contributed by atoms with van der Waals surface area (Å²) in [4.78, 5) is 2.45. The first-order valence-electron chi connectivity index (χ1n) is 5.49. The topological polar surface area (TPSA) is 15.3 Å². The van der Waals surface area contributed by atoms with Gasteiger partial charge in [0, 0.05) is 19.1 Å². The van der Waals surface area contributed by atoms with Crippen LogP contribution >= 0.6 is 0 Å². The zero-order chi connectivity index (χ0) is 9.84. The average Bonchev–Trinajstić information content (AvgIpc) is 2.81. The quantitative estimate of drug-likeness (QED) is 0.674. The molecule has 1 aliphatic carbocycles. The summed E-state index contributed by atoms with van der Waals surface area (Å²) in [7, 11) is 4.32. The van der Waals surface area contributed by atoms with Crippen LogP contribution in [0.15, 0.2) is 0 Å². The van der Waals surface area contributed by atoms with E-state index in [1.165, 1.54) is 25.9 Å². The van der Waals surface area contributed by atoms with E-state index in [1.54, 1.807) is 0 Å². The van der Waals surface area contributed by atoms with Crippen molar-refractivity contribution in [3.63, 3.8) is 0 Å². The van der Waals surface area contributed by atoms with E-state index in [0.717, 1.165) is 17.9 Å². The summed E-state index contributed by atoms with van der Waals surface area (Å²) >= 11 is 0. The Morgan fingerprint density at radius 2 is 1.92 bits per heavy atom. The van der Waals surface area contributed by atoms with Crippen LogP contribution < -0.4 is 5.32 Å². The van der Waals surface area contributed by atoms with Gasteiger partial charge in [-0.25, -0.2) is 0 Å². The molecule has 2 heteroatoms. The Labute approximate surface area is 82.7 Å². The van der Waals surface area contributed by atoms with E-state index in [0.29, 0.717) is 0 Å². The van der Waals surface area contributed by atoms with Crippen molar-refractivity contribution in [2.45, 2.75) is 32.7 Å². The van der Waals surface area contributed by atoms with Crippen LogP contribution in [-0.4, -0.2) is 38.1 Å². The van der Waals surface area contributed by atoms with Gasteiger partial charge in [-0.1, -0.05) is 13.8 Å². The second kappa shape index (κ2) is 4.97.